The highest BCUT2D eigenvalue weighted by molar-refractivity contribution is 5.41. The Kier molecular flexibility index (Phi) is 3.58. The third-order valence-corrected chi connectivity index (χ3v) is 1.93. The first-order valence-corrected chi connectivity index (χ1v) is 4.62. The van der Waals surface area contributed by atoms with Crippen molar-refractivity contribution in [2.45, 2.75) is 19.6 Å². The number of hydrogen-bond donors (Lipinski definition) is 0. The second-order valence-corrected chi connectivity index (χ2v) is 3.09. The highest BCUT2D eigenvalue weighted by atomic mass is 19.1. The van der Waals surface area contributed by atoms with E-state index in [1.165, 1.54) is 19.1 Å². The summed E-state index contributed by atoms with van der Waals surface area (Å²) in [6.45, 7) is 3.42. The zero-order valence-electron chi connectivity index (χ0n) is 8.66. The molecule has 1 aromatic carbocycles. The first kappa shape index (κ1) is 11.4. The first-order valence-electron chi connectivity index (χ1n) is 4.62. The van der Waals surface area contributed by atoms with Crippen LogP contribution in [0.15, 0.2) is 29.3 Å². The number of nitrogens with zero attached hydrogens (tertiary/aromatic N) is 1. The van der Waals surface area contributed by atoms with Crippen LogP contribution in [0.1, 0.15) is 19.4 Å². The second-order valence-electron chi connectivity index (χ2n) is 3.09. The van der Waals surface area contributed by atoms with Crippen LogP contribution in [-0.2, 0) is 10.6 Å². The predicted octanol–water partition coefficient (Wildman–Crippen LogP) is 2.56. The molecule has 1 unspecified atom stereocenters. The lowest BCUT2D eigenvalue weighted by Crippen LogP contribution is -2.13. The fourth-order valence-corrected chi connectivity index (χ4v) is 1.27. The molecule has 0 bridgehead atoms. The molecular weight excluding hydrogens is 197 g/mol. The van der Waals surface area contributed by atoms with Crippen molar-refractivity contribution in [3.8, 4) is 5.75 Å². The molecule has 0 aliphatic rings. The molecule has 15 heavy (non-hydrogen) atoms. The summed E-state index contributed by atoms with van der Waals surface area (Å²) in [6, 6.07) is 6.56. The van der Waals surface area contributed by atoms with Crippen molar-refractivity contribution in [3.05, 3.63) is 29.8 Å². The standard InChI is InChI=1S/C11H12FNO2/c1-3-15-10-7-5-4-6-9(10)11(2,12)13-8-14/h4-7H,3H2,1-2H3. The van der Waals surface area contributed by atoms with Crippen molar-refractivity contribution in [2.24, 2.45) is 4.99 Å². The Bertz CT molecular complexity index is 384. The van der Waals surface area contributed by atoms with Gasteiger partial charge in [-0.1, -0.05) is 18.2 Å². The number of isocyanates is 1. The molecule has 4 heteroatoms. The lowest BCUT2D eigenvalue weighted by molar-refractivity contribution is 0.196. The van der Waals surface area contributed by atoms with Crippen molar-refractivity contribution in [1.29, 1.82) is 0 Å². The summed E-state index contributed by atoms with van der Waals surface area (Å²) >= 11 is 0. The molecule has 0 saturated heterocycles. The van der Waals surface area contributed by atoms with Gasteiger partial charge in [-0.25, -0.2) is 9.18 Å². The van der Waals surface area contributed by atoms with Crippen molar-refractivity contribution in [1.82, 2.24) is 0 Å². The first-order chi connectivity index (χ1) is 7.11. The number of alkyl halides is 1. The van der Waals surface area contributed by atoms with E-state index in [9.17, 15) is 9.18 Å². The van der Waals surface area contributed by atoms with Crippen LogP contribution >= 0.6 is 0 Å². The fraction of sp³-hybridized carbons (Fsp3) is 0.364. The average Bonchev–Trinajstić information content (AvgIpc) is 2.19. The molecule has 1 aromatic rings. The quantitative estimate of drug-likeness (QED) is 0.434. The molecule has 0 saturated carbocycles. The summed E-state index contributed by atoms with van der Waals surface area (Å²) < 4.78 is 19.1. The Morgan fingerprint density at radius 3 is 2.80 bits per heavy atom. The minimum Gasteiger partial charge on any atom is -0.493 e. The lowest BCUT2D eigenvalue weighted by Gasteiger charge is -2.17. The predicted molar refractivity (Wildman–Crippen MR) is 54.2 cm³/mol. The molecule has 0 heterocycles. The summed E-state index contributed by atoms with van der Waals surface area (Å²) in [6.07, 6.45) is 1.22. The van der Waals surface area contributed by atoms with Gasteiger partial charge in [0, 0.05) is 0 Å². The van der Waals surface area contributed by atoms with Crippen LogP contribution < -0.4 is 4.74 Å². The number of ether oxygens (including phenoxy) is 1. The SMILES string of the molecule is CCOc1ccccc1C(C)(F)N=C=O. The van der Waals surface area contributed by atoms with E-state index >= 15 is 0 Å². The van der Waals surface area contributed by atoms with E-state index in [4.69, 9.17) is 4.74 Å². The number of benzene rings is 1. The van der Waals surface area contributed by atoms with Crippen LogP contribution in [0.5, 0.6) is 5.75 Å². The molecule has 0 spiro atoms. The van der Waals surface area contributed by atoms with E-state index in [1.54, 1.807) is 25.1 Å². The van der Waals surface area contributed by atoms with Gasteiger partial charge >= 0.3 is 0 Å². The number of carbonyl (C=O) groups excluding carboxylic acids is 1. The molecule has 1 atom stereocenters. The number of halogens is 1. The summed E-state index contributed by atoms with van der Waals surface area (Å²) in [4.78, 5) is 13.2. The number of para-hydroxylation sites is 1. The Hall–Kier alpha value is -1.67. The average molecular weight is 209 g/mol. The highest BCUT2D eigenvalue weighted by Gasteiger charge is 2.28. The summed E-state index contributed by atoms with van der Waals surface area (Å²) in [7, 11) is 0. The van der Waals surface area contributed by atoms with Gasteiger partial charge in [-0.3, -0.25) is 0 Å². The number of rotatable bonds is 4. The minimum absolute atomic E-state index is 0.232. The van der Waals surface area contributed by atoms with Crippen molar-refractivity contribution in [2.75, 3.05) is 6.61 Å². The maximum Gasteiger partial charge on any atom is 0.238 e. The number of hydrogen-bond acceptors (Lipinski definition) is 3. The molecule has 0 aliphatic carbocycles. The van der Waals surface area contributed by atoms with Crippen LogP contribution in [0, 0.1) is 0 Å². The Morgan fingerprint density at radius 1 is 1.53 bits per heavy atom. The third kappa shape index (κ3) is 2.64. The zero-order valence-corrected chi connectivity index (χ0v) is 8.66. The van der Waals surface area contributed by atoms with Gasteiger partial charge in [0.25, 0.3) is 0 Å². The zero-order chi connectivity index (χ0) is 11.3. The van der Waals surface area contributed by atoms with Gasteiger partial charge in [-0.15, -0.1) is 0 Å². The Morgan fingerprint density at radius 2 is 2.20 bits per heavy atom. The summed E-state index contributed by atoms with van der Waals surface area (Å²) in [5.41, 5.74) is 0.232. The Balaban J connectivity index is 3.17. The largest absolute Gasteiger partial charge is 0.493 e. The van der Waals surface area contributed by atoms with Crippen molar-refractivity contribution < 1.29 is 13.9 Å². The van der Waals surface area contributed by atoms with Crippen LogP contribution in [-0.4, -0.2) is 12.7 Å². The molecule has 3 nitrogen and oxygen atoms in total. The van der Waals surface area contributed by atoms with E-state index in [-0.39, 0.29) is 5.56 Å². The van der Waals surface area contributed by atoms with Crippen molar-refractivity contribution in [3.63, 3.8) is 0 Å². The van der Waals surface area contributed by atoms with Crippen molar-refractivity contribution >= 4 is 6.08 Å². The topological polar surface area (TPSA) is 38.7 Å². The maximum absolute atomic E-state index is 13.9. The molecule has 0 amide bonds. The summed E-state index contributed by atoms with van der Waals surface area (Å²) in [5, 5.41) is 0. The molecule has 80 valence electrons. The summed E-state index contributed by atoms with van der Waals surface area (Å²) in [5.74, 6) is -1.70. The lowest BCUT2D eigenvalue weighted by atomic mass is 10.1. The molecule has 0 aliphatic heterocycles. The normalized spacial score (nSPS) is 13.8. The third-order valence-electron chi connectivity index (χ3n) is 1.93. The van der Waals surface area contributed by atoms with Gasteiger partial charge in [0.15, 0.2) is 0 Å². The smallest absolute Gasteiger partial charge is 0.238 e. The van der Waals surface area contributed by atoms with Gasteiger partial charge in [0.2, 0.25) is 11.9 Å². The molecule has 0 aromatic heterocycles. The fourth-order valence-electron chi connectivity index (χ4n) is 1.27. The van der Waals surface area contributed by atoms with E-state index in [1.807, 2.05) is 0 Å². The molecule has 0 radical (unpaired) electrons. The van der Waals surface area contributed by atoms with E-state index < -0.39 is 5.79 Å². The number of aliphatic imine (C=N–C) groups is 1. The van der Waals surface area contributed by atoms with Crippen LogP contribution in [0.4, 0.5) is 4.39 Å². The molecule has 0 fully saturated rings. The van der Waals surface area contributed by atoms with E-state index in [2.05, 4.69) is 4.99 Å². The maximum atomic E-state index is 13.9. The van der Waals surface area contributed by atoms with Crippen LogP contribution in [0.2, 0.25) is 0 Å². The van der Waals surface area contributed by atoms with E-state index in [0.717, 1.165) is 0 Å². The highest BCUT2D eigenvalue weighted by Crippen LogP contribution is 2.33. The van der Waals surface area contributed by atoms with Gasteiger partial charge < -0.3 is 4.74 Å². The molecular formula is C11H12FNO2. The second kappa shape index (κ2) is 4.71. The Labute approximate surface area is 87.6 Å². The monoisotopic (exact) mass is 209 g/mol. The van der Waals surface area contributed by atoms with Crippen LogP contribution in [0.3, 0.4) is 0 Å². The van der Waals surface area contributed by atoms with Gasteiger partial charge in [-0.2, -0.15) is 4.99 Å². The molecule has 0 N–H and O–H groups in total. The minimum atomic E-state index is -2.09. The van der Waals surface area contributed by atoms with Crippen LogP contribution in [0.25, 0.3) is 0 Å². The van der Waals surface area contributed by atoms with Gasteiger partial charge in [0.1, 0.15) is 5.75 Å². The molecule has 1 rings (SSSR count). The van der Waals surface area contributed by atoms with Gasteiger partial charge in [0.05, 0.1) is 12.2 Å². The van der Waals surface area contributed by atoms with Gasteiger partial charge in [-0.05, 0) is 19.9 Å². The van der Waals surface area contributed by atoms with E-state index in [0.29, 0.717) is 12.4 Å².